The number of hydrogen-bond acceptors (Lipinski definition) is 3. The average molecular weight is 251 g/mol. The molecule has 3 N–H and O–H groups in total. The number of nitrogens with zero attached hydrogens (tertiary/aromatic N) is 3. The number of aromatic nitrogens is 2. The Labute approximate surface area is 103 Å². The van der Waals surface area contributed by atoms with E-state index in [1.165, 1.54) is 0 Å². The van der Waals surface area contributed by atoms with Gasteiger partial charge in [-0.05, 0) is 25.1 Å². The topological polar surface area (TPSA) is 76.4 Å². The largest absolute Gasteiger partial charge is 0.409 e. The number of hydrogen-bond donors (Lipinski definition) is 2. The highest BCUT2D eigenvalue weighted by molar-refractivity contribution is 6.30. The number of halogens is 1. The van der Waals surface area contributed by atoms with Crippen LogP contribution in [-0.2, 0) is 0 Å². The lowest BCUT2D eigenvalue weighted by atomic mass is 10.3. The van der Waals surface area contributed by atoms with Crippen LogP contribution in [-0.4, -0.2) is 20.6 Å². The van der Waals surface area contributed by atoms with E-state index >= 15 is 0 Å². The van der Waals surface area contributed by atoms with E-state index in [0.29, 0.717) is 10.7 Å². The lowest BCUT2D eigenvalue weighted by Gasteiger charge is -2.05. The van der Waals surface area contributed by atoms with Gasteiger partial charge in [0.25, 0.3) is 0 Å². The molecular weight excluding hydrogens is 240 g/mol. The second-order valence-electron chi connectivity index (χ2n) is 3.51. The molecule has 0 saturated carbocycles. The lowest BCUT2D eigenvalue weighted by molar-refractivity contribution is 0.318. The van der Waals surface area contributed by atoms with Gasteiger partial charge in [0.05, 0.1) is 5.69 Å². The summed E-state index contributed by atoms with van der Waals surface area (Å²) < 4.78 is 1.82. The molecule has 1 aromatic heterocycles. The van der Waals surface area contributed by atoms with E-state index in [2.05, 4.69) is 10.1 Å². The maximum Gasteiger partial charge on any atom is 0.190 e. The Hall–Kier alpha value is -2.01. The van der Waals surface area contributed by atoms with Crippen LogP contribution in [0.25, 0.3) is 5.69 Å². The highest BCUT2D eigenvalue weighted by Crippen LogP contribution is 2.17. The first-order chi connectivity index (χ1) is 8.13. The van der Waals surface area contributed by atoms with Crippen molar-refractivity contribution in [2.24, 2.45) is 10.9 Å². The number of oxime groups is 1. The van der Waals surface area contributed by atoms with Gasteiger partial charge in [-0.15, -0.1) is 0 Å². The molecule has 6 heteroatoms. The molecule has 1 aromatic carbocycles. The molecule has 17 heavy (non-hydrogen) atoms. The standard InChI is InChI=1S/C11H11ClN4O/c1-7-10(11(13)15-17)14-6-16(7)9-4-2-3-8(12)5-9/h2-6,17H,1H3,(H2,13,15). The number of rotatable bonds is 2. The second kappa shape index (κ2) is 4.47. The molecule has 0 radical (unpaired) electrons. The van der Waals surface area contributed by atoms with Gasteiger partial charge in [0, 0.05) is 10.7 Å². The van der Waals surface area contributed by atoms with E-state index in [1.807, 2.05) is 29.7 Å². The van der Waals surface area contributed by atoms with E-state index in [9.17, 15) is 0 Å². The molecule has 0 unspecified atom stereocenters. The molecule has 0 amide bonds. The maximum absolute atomic E-state index is 8.63. The Morgan fingerprint density at radius 2 is 2.29 bits per heavy atom. The lowest BCUT2D eigenvalue weighted by Crippen LogP contribution is -2.15. The molecule has 2 aromatic rings. The molecule has 0 aliphatic carbocycles. The molecule has 0 aliphatic rings. The minimum atomic E-state index is -0.0109. The van der Waals surface area contributed by atoms with Crippen LogP contribution < -0.4 is 5.73 Å². The summed E-state index contributed by atoms with van der Waals surface area (Å²) in [6.45, 7) is 1.83. The van der Waals surface area contributed by atoms with E-state index in [1.54, 1.807) is 12.4 Å². The molecule has 0 saturated heterocycles. The van der Waals surface area contributed by atoms with Crippen molar-refractivity contribution < 1.29 is 5.21 Å². The number of benzene rings is 1. The molecule has 0 bridgehead atoms. The monoisotopic (exact) mass is 250 g/mol. The predicted molar refractivity (Wildman–Crippen MR) is 65.8 cm³/mol. The fraction of sp³-hybridized carbons (Fsp3) is 0.0909. The fourth-order valence-electron chi connectivity index (χ4n) is 1.59. The molecular formula is C11H11ClN4O. The Bertz CT molecular complexity index is 577. The van der Waals surface area contributed by atoms with E-state index in [0.717, 1.165) is 11.4 Å². The molecule has 1 heterocycles. The van der Waals surface area contributed by atoms with Crippen molar-refractivity contribution in [2.45, 2.75) is 6.92 Å². The van der Waals surface area contributed by atoms with E-state index < -0.39 is 0 Å². The first-order valence-electron chi connectivity index (χ1n) is 4.91. The SMILES string of the molecule is Cc1c(C(N)=NO)ncn1-c1cccc(Cl)c1. The van der Waals surface area contributed by atoms with Crippen molar-refractivity contribution in [2.75, 3.05) is 0 Å². The Kier molecular flexibility index (Phi) is 3.01. The zero-order chi connectivity index (χ0) is 12.4. The van der Waals surface area contributed by atoms with Crippen molar-refractivity contribution in [1.29, 1.82) is 0 Å². The summed E-state index contributed by atoms with van der Waals surface area (Å²) in [5.74, 6) is -0.0109. The number of amidine groups is 1. The third kappa shape index (κ3) is 2.09. The second-order valence-corrected chi connectivity index (χ2v) is 3.95. The van der Waals surface area contributed by atoms with Crippen LogP contribution in [0.1, 0.15) is 11.4 Å². The van der Waals surface area contributed by atoms with Gasteiger partial charge < -0.3 is 15.5 Å². The smallest absolute Gasteiger partial charge is 0.190 e. The van der Waals surface area contributed by atoms with Crippen LogP contribution in [0.2, 0.25) is 5.02 Å². The van der Waals surface area contributed by atoms with E-state index in [4.69, 9.17) is 22.5 Å². The normalized spacial score (nSPS) is 11.8. The average Bonchev–Trinajstić information content (AvgIpc) is 2.70. The highest BCUT2D eigenvalue weighted by atomic mass is 35.5. The quantitative estimate of drug-likeness (QED) is 0.370. The predicted octanol–water partition coefficient (Wildman–Crippen LogP) is 1.93. The van der Waals surface area contributed by atoms with Crippen LogP contribution in [0.15, 0.2) is 35.7 Å². The molecule has 88 valence electrons. The van der Waals surface area contributed by atoms with Crippen LogP contribution in [0, 0.1) is 6.92 Å². The Balaban J connectivity index is 2.51. The van der Waals surface area contributed by atoms with Gasteiger partial charge in [0.2, 0.25) is 0 Å². The third-order valence-electron chi connectivity index (χ3n) is 2.44. The van der Waals surface area contributed by atoms with Gasteiger partial charge in [-0.2, -0.15) is 0 Å². The molecule has 2 rings (SSSR count). The number of nitrogens with two attached hydrogens (primary N) is 1. The van der Waals surface area contributed by atoms with Crippen LogP contribution in [0.4, 0.5) is 0 Å². The summed E-state index contributed by atoms with van der Waals surface area (Å²) in [5, 5.41) is 12.2. The van der Waals surface area contributed by atoms with Crippen LogP contribution in [0.3, 0.4) is 0 Å². The minimum absolute atomic E-state index is 0.0109. The van der Waals surface area contributed by atoms with Gasteiger partial charge >= 0.3 is 0 Å². The zero-order valence-corrected chi connectivity index (χ0v) is 9.89. The van der Waals surface area contributed by atoms with Crippen LogP contribution >= 0.6 is 11.6 Å². The summed E-state index contributed by atoms with van der Waals surface area (Å²) >= 11 is 5.92. The third-order valence-corrected chi connectivity index (χ3v) is 2.68. The van der Waals surface area contributed by atoms with Crippen LogP contribution in [0.5, 0.6) is 0 Å². The summed E-state index contributed by atoms with van der Waals surface area (Å²) in [5.41, 5.74) is 7.62. The van der Waals surface area contributed by atoms with Gasteiger partial charge in [0.1, 0.15) is 12.0 Å². The first kappa shape index (κ1) is 11.5. The first-order valence-corrected chi connectivity index (χ1v) is 5.29. The summed E-state index contributed by atoms with van der Waals surface area (Å²) in [4.78, 5) is 4.10. The Morgan fingerprint density at radius 3 is 2.94 bits per heavy atom. The Morgan fingerprint density at radius 1 is 1.53 bits per heavy atom. The van der Waals surface area contributed by atoms with Gasteiger partial charge in [-0.1, -0.05) is 22.8 Å². The fourth-order valence-corrected chi connectivity index (χ4v) is 1.78. The molecule has 0 spiro atoms. The summed E-state index contributed by atoms with van der Waals surface area (Å²) in [6, 6.07) is 7.35. The van der Waals surface area contributed by atoms with Crippen molar-refractivity contribution in [3.8, 4) is 5.69 Å². The summed E-state index contributed by atoms with van der Waals surface area (Å²) in [6.07, 6.45) is 1.61. The molecule has 0 fully saturated rings. The van der Waals surface area contributed by atoms with Crippen molar-refractivity contribution in [3.05, 3.63) is 47.0 Å². The van der Waals surface area contributed by atoms with E-state index in [-0.39, 0.29) is 5.84 Å². The number of imidazole rings is 1. The molecule has 0 aliphatic heterocycles. The maximum atomic E-state index is 8.63. The van der Waals surface area contributed by atoms with Gasteiger partial charge in [-0.3, -0.25) is 0 Å². The summed E-state index contributed by atoms with van der Waals surface area (Å²) in [7, 11) is 0. The van der Waals surface area contributed by atoms with Crippen molar-refractivity contribution in [1.82, 2.24) is 9.55 Å². The minimum Gasteiger partial charge on any atom is -0.409 e. The molecule has 0 atom stereocenters. The zero-order valence-electron chi connectivity index (χ0n) is 9.13. The van der Waals surface area contributed by atoms with Gasteiger partial charge in [0.15, 0.2) is 5.84 Å². The highest BCUT2D eigenvalue weighted by Gasteiger charge is 2.11. The van der Waals surface area contributed by atoms with Crippen molar-refractivity contribution >= 4 is 17.4 Å². The van der Waals surface area contributed by atoms with Crippen molar-refractivity contribution in [3.63, 3.8) is 0 Å². The molecule has 5 nitrogen and oxygen atoms in total. The van der Waals surface area contributed by atoms with Gasteiger partial charge in [-0.25, -0.2) is 4.98 Å².